The van der Waals surface area contributed by atoms with Gasteiger partial charge in [0.2, 0.25) is 0 Å². The van der Waals surface area contributed by atoms with E-state index in [1.165, 1.54) is 7.11 Å². The van der Waals surface area contributed by atoms with Gasteiger partial charge in [0.1, 0.15) is 18.1 Å². The average Bonchev–Trinajstić information content (AvgIpc) is 3.71. The number of amides is 2. The number of esters is 1. The highest BCUT2D eigenvalue weighted by molar-refractivity contribution is 7.23. The van der Waals surface area contributed by atoms with Crippen LogP contribution in [0.4, 0.5) is 16.3 Å². The van der Waals surface area contributed by atoms with Gasteiger partial charge in [-0.15, -0.1) is 0 Å². The molecular weight excluding hydrogens is 580 g/mol. The molecular formula is C32H38N6O5S. The zero-order valence-corrected chi connectivity index (χ0v) is 26.4. The number of aromatic nitrogens is 3. The molecule has 44 heavy (non-hydrogen) atoms. The van der Waals surface area contributed by atoms with Gasteiger partial charge in [0.25, 0.3) is 0 Å². The van der Waals surface area contributed by atoms with E-state index >= 15 is 0 Å². The number of ether oxygens (including phenoxy) is 2. The number of thiazole rings is 1. The summed E-state index contributed by atoms with van der Waals surface area (Å²) in [6.07, 6.45) is 4.06. The number of carbonyl (C=O) groups excluding carboxylic acids is 2. The molecule has 0 aliphatic rings. The van der Waals surface area contributed by atoms with Crippen molar-refractivity contribution in [3.05, 3.63) is 60.5 Å². The minimum absolute atomic E-state index is 0.153. The van der Waals surface area contributed by atoms with E-state index in [1.807, 2.05) is 48.7 Å². The number of urea groups is 1. The summed E-state index contributed by atoms with van der Waals surface area (Å²) in [5.74, 6) is 2.18. The van der Waals surface area contributed by atoms with Crippen molar-refractivity contribution in [3.8, 4) is 17.0 Å². The van der Waals surface area contributed by atoms with Crippen molar-refractivity contribution in [1.82, 2.24) is 19.9 Å². The molecule has 0 unspecified atom stereocenters. The van der Waals surface area contributed by atoms with E-state index in [0.717, 1.165) is 50.8 Å². The van der Waals surface area contributed by atoms with Crippen LogP contribution in [0, 0.1) is 5.92 Å². The third-order valence-electron chi connectivity index (χ3n) is 7.31. The molecule has 0 aliphatic carbocycles. The zero-order valence-electron chi connectivity index (χ0n) is 25.6. The van der Waals surface area contributed by atoms with Gasteiger partial charge in [-0.2, -0.15) is 0 Å². The molecule has 0 atom stereocenters. The van der Waals surface area contributed by atoms with Gasteiger partial charge >= 0.3 is 12.0 Å². The summed E-state index contributed by atoms with van der Waals surface area (Å²) in [6, 6.07) is 14.9. The number of hydrogen-bond acceptors (Lipinski definition) is 9. The van der Waals surface area contributed by atoms with Crippen LogP contribution in [0.25, 0.3) is 26.4 Å². The van der Waals surface area contributed by atoms with Crippen LogP contribution < -0.4 is 20.7 Å². The lowest BCUT2D eigenvalue weighted by Crippen LogP contribution is -2.27. The zero-order chi connectivity index (χ0) is 31.3. The van der Waals surface area contributed by atoms with Crippen LogP contribution in [0.15, 0.2) is 59.3 Å². The molecule has 2 amide bonds. The van der Waals surface area contributed by atoms with Crippen LogP contribution >= 0.6 is 11.3 Å². The van der Waals surface area contributed by atoms with E-state index < -0.39 is 6.03 Å². The molecule has 3 aromatic heterocycles. The third-order valence-corrected chi connectivity index (χ3v) is 8.33. The van der Waals surface area contributed by atoms with Gasteiger partial charge in [0.05, 0.1) is 29.6 Å². The Morgan fingerprint density at radius 2 is 1.89 bits per heavy atom. The molecule has 3 heterocycles. The van der Waals surface area contributed by atoms with E-state index in [-0.39, 0.29) is 17.9 Å². The van der Waals surface area contributed by atoms with Crippen molar-refractivity contribution in [2.24, 2.45) is 5.92 Å². The summed E-state index contributed by atoms with van der Waals surface area (Å²) in [5, 5.41) is 12.6. The van der Waals surface area contributed by atoms with Crippen LogP contribution in [0.1, 0.15) is 46.3 Å². The second-order valence-corrected chi connectivity index (χ2v) is 12.7. The second-order valence-electron chi connectivity index (χ2n) is 11.7. The quantitative estimate of drug-likeness (QED) is 0.0981. The van der Waals surface area contributed by atoms with E-state index in [4.69, 9.17) is 14.2 Å². The van der Waals surface area contributed by atoms with Crippen molar-refractivity contribution in [2.45, 2.75) is 46.0 Å². The highest BCUT2D eigenvalue weighted by atomic mass is 32.1. The molecule has 0 aliphatic heterocycles. The number of rotatable bonds is 13. The molecule has 0 bridgehead atoms. The highest BCUT2D eigenvalue weighted by Gasteiger charge is 2.26. The van der Waals surface area contributed by atoms with Gasteiger partial charge < -0.3 is 24.6 Å². The van der Waals surface area contributed by atoms with Gasteiger partial charge in [0, 0.05) is 35.5 Å². The summed E-state index contributed by atoms with van der Waals surface area (Å²) in [6.45, 7) is 9.76. The van der Waals surface area contributed by atoms with Gasteiger partial charge in [-0.3, -0.25) is 14.5 Å². The Bertz CT molecular complexity index is 1740. The largest absolute Gasteiger partial charge is 0.492 e. The lowest BCUT2D eigenvalue weighted by Gasteiger charge is -2.21. The molecule has 12 heteroatoms. The molecule has 5 aromatic rings. The predicted octanol–water partition coefficient (Wildman–Crippen LogP) is 6.70. The standard InChI is InChI=1S/C32H38N6O5S/c1-20(2)12-13-32(3,4)27-17-28(37-43-27)36-30(40)34-22-8-6-21(7-9-22)24-19-38-25-11-10-23(16-26(25)44-31(38)35-24)42-15-14-33-18-29(39)41-5/h6-11,16-17,19-20,33H,12-15,18H2,1-5H3,(H2,34,36,37,40). The normalized spacial score (nSPS) is 11.8. The molecule has 0 saturated carbocycles. The van der Waals surface area contributed by atoms with E-state index in [9.17, 15) is 9.59 Å². The first kappa shape index (κ1) is 31.0. The maximum Gasteiger partial charge on any atom is 0.324 e. The van der Waals surface area contributed by atoms with Crippen molar-refractivity contribution in [1.29, 1.82) is 0 Å². The monoisotopic (exact) mass is 618 g/mol. The van der Waals surface area contributed by atoms with Crippen molar-refractivity contribution < 1.29 is 23.6 Å². The van der Waals surface area contributed by atoms with E-state index in [1.54, 1.807) is 17.4 Å². The number of methoxy groups -OCH3 is 1. The number of nitrogens with zero attached hydrogens (tertiary/aromatic N) is 3. The Hall–Kier alpha value is -4.42. The van der Waals surface area contributed by atoms with Crippen molar-refractivity contribution in [2.75, 3.05) is 37.4 Å². The second kappa shape index (κ2) is 13.5. The van der Waals surface area contributed by atoms with Gasteiger partial charge in [-0.1, -0.05) is 62.7 Å². The SMILES string of the molecule is COC(=O)CNCCOc1ccc2c(c1)sc1nc(-c3ccc(NC(=O)Nc4cc(C(C)(C)CCC(C)C)on4)cc3)cn12. The van der Waals surface area contributed by atoms with Crippen LogP contribution in [-0.2, 0) is 14.9 Å². The van der Waals surface area contributed by atoms with E-state index in [2.05, 4.69) is 57.9 Å². The van der Waals surface area contributed by atoms with Crippen molar-refractivity contribution >= 4 is 50.0 Å². The minimum Gasteiger partial charge on any atom is -0.492 e. The molecule has 5 rings (SSSR count). The summed E-state index contributed by atoms with van der Waals surface area (Å²) in [5.41, 5.74) is 3.28. The van der Waals surface area contributed by atoms with Gasteiger partial charge in [-0.25, -0.2) is 9.78 Å². The molecule has 11 nitrogen and oxygen atoms in total. The lowest BCUT2D eigenvalue weighted by atomic mass is 9.83. The highest BCUT2D eigenvalue weighted by Crippen LogP contribution is 2.33. The molecule has 0 spiro atoms. The fourth-order valence-electron chi connectivity index (χ4n) is 4.64. The smallest absolute Gasteiger partial charge is 0.324 e. The number of imidazole rings is 1. The minimum atomic E-state index is -0.396. The Balaban J connectivity index is 1.16. The van der Waals surface area contributed by atoms with Gasteiger partial charge in [0.15, 0.2) is 10.8 Å². The fraction of sp³-hybridized carbons (Fsp3) is 0.375. The maximum absolute atomic E-state index is 12.6. The molecule has 3 N–H and O–H groups in total. The van der Waals surface area contributed by atoms with Crippen LogP contribution in [0.2, 0.25) is 0 Å². The summed E-state index contributed by atoms with van der Waals surface area (Å²) < 4.78 is 19.1. The number of anilines is 2. The molecule has 0 saturated heterocycles. The fourth-order valence-corrected chi connectivity index (χ4v) is 5.68. The lowest BCUT2D eigenvalue weighted by molar-refractivity contribution is -0.139. The first-order valence-corrected chi connectivity index (χ1v) is 15.4. The van der Waals surface area contributed by atoms with Crippen LogP contribution in [-0.4, -0.2) is 53.3 Å². The number of nitrogens with one attached hydrogen (secondary N) is 3. The maximum atomic E-state index is 12.6. The topological polar surface area (TPSA) is 132 Å². The molecule has 0 radical (unpaired) electrons. The summed E-state index contributed by atoms with van der Waals surface area (Å²) >= 11 is 1.58. The van der Waals surface area contributed by atoms with Gasteiger partial charge in [-0.05, 0) is 42.7 Å². The number of fused-ring (bicyclic) bond motifs is 3. The van der Waals surface area contributed by atoms with Crippen molar-refractivity contribution in [3.63, 3.8) is 0 Å². The Morgan fingerprint density at radius 3 is 2.64 bits per heavy atom. The number of carbonyl (C=O) groups is 2. The number of benzene rings is 2. The summed E-state index contributed by atoms with van der Waals surface area (Å²) in [4.78, 5) is 29.5. The molecule has 232 valence electrons. The summed E-state index contributed by atoms with van der Waals surface area (Å²) in [7, 11) is 1.36. The Labute approximate surface area is 259 Å². The Kier molecular flexibility index (Phi) is 9.50. The first-order valence-electron chi connectivity index (χ1n) is 14.6. The predicted molar refractivity (Wildman–Crippen MR) is 173 cm³/mol. The van der Waals surface area contributed by atoms with E-state index in [0.29, 0.717) is 30.6 Å². The first-order chi connectivity index (χ1) is 21.1. The van der Waals surface area contributed by atoms with Crippen LogP contribution in [0.3, 0.4) is 0 Å². The Morgan fingerprint density at radius 1 is 1.09 bits per heavy atom. The molecule has 0 fully saturated rings. The van der Waals surface area contributed by atoms with Crippen LogP contribution in [0.5, 0.6) is 5.75 Å². The number of hydrogen-bond donors (Lipinski definition) is 3. The molecule has 2 aromatic carbocycles. The average molecular weight is 619 g/mol. The third kappa shape index (κ3) is 7.56.